The van der Waals surface area contributed by atoms with Gasteiger partial charge in [-0.2, -0.15) is 0 Å². The quantitative estimate of drug-likeness (QED) is 0.857. The first-order valence-corrected chi connectivity index (χ1v) is 7.20. The minimum atomic E-state index is 0.511. The van der Waals surface area contributed by atoms with E-state index in [1.807, 2.05) is 25.1 Å². The van der Waals surface area contributed by atoms with Crippen LogP contribution in [0, 0.1) is 6.92 Å². The molecular weight excluding hydrogens is 274 g/mol. The SMILES string of the molecule is Cc1c(N)ncnc1Sc1ccc2c(c1)OCCCO2. The van der Waals surface area contributed by atoms with Crippen LogP contribution in [0.1, 0.15) is 12.0 Å². The first-order valence-electron chi connectivity index (χ1n) is 6.38. The molecule has 104 valence electrons. The van der Waals surface area contributed by atoms with Gasteiger partial charge in [0.05, 0.1) is 13.2 Å². The van der Waals surface area contributed by atoms with Gasteiger partial charge in [-0.3, -0.25) is 0 Å². The second-order valence-electron chi connectivity index (χ2n) is 4.45. The number of nitrogens with two attached hydrogens (primary N) is 1. The van der Waals surface area contributed by atoms with E-state index in [0.29, 0.717) is 19.0 Å². The first-order chi connectivity index (χ1) is 9.74. The van der Waals surface area contributed by atoms with E-state index in [2.05, 4.69) is 9.97 Å². The van der Waals surface area contributed by atoms with Crippen LogP contribution in [-0.4, -0.2) is 23.2 Å². The van der Waals surface area contributed by atoms with Gasteiger partial charge in [0.25, 0.3) is 0 Å². The number of anilines is 1. The van der Waals surface area contributed by atoms with E-state index in [-0.39, 0.29) is 0 Å². The van der Waals surface area contributed by atoms with Crippen LogP contribution in [0.3, 0.4) is 0 Å². The Kier molecular flexibility index (Phi) is 3.64. The van der Waals surface area contributed by atoms with E-state index in [4.69, 9.17) is 15.2 Å². The number of aromatic nitrogens is 2. The van der Waals surface area contributed by atoms with Gasteiger partial charge in [0.1, 0.15) is 17.2 Å². The third-order valence-corrected chi connectivity index (χ3v) is 4.10. The zero-order chi connectivity index (χ0) is 13.9. The van der Waals surface area contributed by atoms with Crippen molar-refractivity contribution in [2.45, 2.75) is 23.3 Å². The van der Waals surface area contributed by atoms with Crippen LogP contribution in [-0.2, 0) is 0 Å². The molecule has 1 aliphatic heterocycles. The minimum absolute atomic E-state index is 0.511. The molecule has 2 heterocycles. The molecular formula is C14H15N3O2S. The largest absolute Gasteiger partial charge is 0.490 e. The monoisotopic (exact) mass is 289 g/mol. The van der Waals surface area contributed by atoms with Crippen LogP contribution in [0.4, 0.5) is 5.82 Å². The van der Waals surface area contributed by atoms with E-state index in [1.165, 1.54) is 6.33 Å². The van der Waals surface area contributed by atoms with E-state index in [9.17, 15) is 0 Å². The molecule has 1 aliphatic rings. The predicted octanol–water partition coefficient (Wildman–Crippen LogP) is 2.68. The summed E-state index contributed by atoms with van der Waals surface area (Å²) in [6.45, 7) is 3.29. The van der Waals surface area contributed by atoms with Gasteiger partial charge < -0.3 is 15.2 Å². The van der Waals surface area contributed by atoms with E-state index >= 15 is 0 Å². The molecule has 0 aliphatic carbocycles. The van der Waals surface area contributed by atoms with Gasteiger partial charge in [-0.25, -0.2) is 9.97 Å². The van der Waals surface area contributed by atoms with Crippen molar-refractivity contribution < 1.29 is 9.47 Å². The van der Waals surface area contributed by atoms with E-state index < -0.39 is 0 Å². The molecule has 2 N–H and O–H groups in total. The zero-order valence-corrected chi connectivity index (χ0v) is 11.9. The fraction of sp³-hybridized carbons (Fsp3) is 0.286. The topological polar surface area (TPSA) is 70.3 Å². The smallest absolute Gasteiger partial charge is 0.162 e. The summed E-state index contributed by atoms with van der Waals surface area (Å²) in [6.07, 6.45) is 2.38. The molecule has 0 amide bonds. The van der Waals surface area contributed by atoms with Crippen molar-refractivity contribution in [2.24, 2.45) is 0 Å². The fourth-order valence-corrected chi connectivity index (χ4v) is 2.75. The molecule has 1 aromatic carbocycles. The second-order valence-corrected chi connectivity index (χ2v) is 5.51. The van der Waals surface area contributed by atoms with Crippen LogP contribution >= 0.6 is 11.8 Å². The Hall–Kier alpha value is -1.95. The number of benzene rings is 1. The van der Waals surface area contributed by atoms with Crippen molar-refractivity contribution >= 4 is 17.6 Å². The lowest BCUT2D eigenvalue weighted by Gasteiger charge is -2.10. The Bertz CT molecular complexity index is 634. The Morgan fingerprint density at radius 2 is 1.95 bits per heavy atom. The van der Waals surface area contributed by atoms with E-state index in [1.54, 1.807) is 11.8 Å². The highest BCUT2D eigenvalue weighted by Gasteiger charge is 2.12. The normalized spacial score (nSPS) is 13.8. The summed E-state index contributed by atoms with van der Waals surface area (Å²) >= 11 is 1.54. The van der Waals surface area contributed by atoms with Gasteiger partial charge in [0.15, 0.2) is 11.5 Å². The maximum Gasteiger partial charge on any atom is 0.162 e. The molecule has 5 nitrogen and oxygen atoms in total. The molecule has 0 bridgehead atoms. The third-order valence-electron chi connectivity index (χ3n) is 3.01. The summed E-state index contributed by atoms with van der Waals surface area (Å²) in [5, 5.41) is 0.854. The minimum Gasteiger partial charge on any atom is -0.490 e. The average molecular weight is 289 g/mol. The van der Waals surface area contributed by atoms with Crippen LogP contribution in [0.5, 0.6) is 11.5 Å². The Morgan fingerprint density at radius 3 is 2.80 bits per heavy atom. The standard InChI is InChI=1S/C14H15N3O2S/c1-9-13(15)16-8-17-14(9)20-10-3-4-11-12(7-10)19-6-2-5-18-11/h3-4,7-8H,2,5-6H2,1H3,(H2,15,16,17). The maximum absolute atomic E-state index is 5.80. The number of ether oxygens (including phenoxy) is 2. The zero-order valence-electron chi connectivity index (χ0n) is 11.1. The van der Waals surface area contributed by atoms with Gasteiger partial charge in [-0.05, 0) is 25.1 Å². The van der Waals surface area contributed by atoms with Crippen molar-refractivity contribution in [3.05, 3.63) is 30.1 Å². The molecule has 0 fully saturated rings. The van der Waals surface area contributed by atoms with E-state index in [0.717, 1.165) is 33.4 Å². The highest BCUT2D eigenvalue weighted by atomic mass is 32.2. The molecule has 0 spiro atoms. The molecule has 3 rings (SSSR count). The summed E-state index contributed by atoms with van der Waals surface area (Å²) in [6, 6.07) is 5.90. The predicted molar refractivity (Wildman–Crippen MR) is 77.4 cm³/mol. The molecule has 20 heavy (non-hydrogen) atoms. The second kappa shape index (κ2) is 5.58. The highest BCUT2D eigenvalue weighted by Crippen LogP contribution is 2.37. The Morgan fingerprint density at radius 1 is 1.15 bits per heavy atom. The lowest BCUT2D eigenvalue weighted by Crippen LogP contribution is -1.97. The lowest BCUT2D eigenvalue weighted by atomic mass is 10.3. The van der Waals surface area contributed by atoms with Crippen LogP contribution in [0.15, 0.2) is 34.4 Å². The van der Waals surface area contributed by atoms with Crippen LogP contribution in [0.25, 0.3) is 0 Å². The number of hydrogen-bond donors (Lipinski definition) is 1. The molecule has 6 heteroatoms. The first kappa shape index (κ1) is 13.1. The van der Waals surface area contributed by atoms with Gasteiger partial charge in [0, 0.05) is 16.9 Å². The lowest BCUT2D eigenvalue weighted by molar-refractivity contribution is 0.297. The molecule has 2 aromatic rings. The molecule has 0 saturated carbocycles. The maximum atomic E-state index is 5.80. The average Bonchev–Trinajstić information content (AvgIpc) is 2.69. The fourth-order valence-electron chi connectivity index (χ4n) is 1.87. The summed E-state index contributed by atoms with van der Waals surface area (Å²) in [5.41, 5.74) is 6.69. The Labute approximate surface area is 121 Å². The molecule has 0 atom stereocenters. The van der Waals surface area contributed by atoms with Crippen molar-refractivity contribution in [2.75, 3.05) is 18.9 Å². The van der Waals surface area contributed by atoms with Crippen LogP contribution < -0.4 is 15.2 Å². The summed E-state index contributed by atoms with van der Waals surface area (Å²) in [5.74, 6) is 2.09. The van der Waals surface area contributed by atoms with Gasteiger partial charge in [0.2, 0.25) is 0 Å². The molecule has 0 radical (unpaired) electrons. The van der Waals surface area contributed by atoms with Gasteiger partial charge >= 0.3 is 0 Å². The van der Waals surface area contributed by atoms with Gasteiger partial charge in [-0.1, -0.05) is 11.8 Å². The van der Waals surface area contributed by atoms with Gasteiger partial charge in [-0.15, -0.1) is 0 Å². The number of hydrogen-bond acceptors (Lipinski definition) is 6. The number of nitrogen functional groups attached to an aromatic ring is 1. The summed E-state index contributed by atoms with van der Waals surface area (Å²) in [7, 11) is 0. The van der Waals surface area contributed by atoms with Crippen molar-refractivity contribution in [3.8, 4) is 11.5 Å². The number of rotatable bonds is 2. The highest BCUT2D eigenvalue weighted by molar-refractivity contribution is 7.99. The molecule has 1 aromatic heterocycles. The number of fused-ring (bicyclic) bond motifs is 1. The van der Waals surface area contributed by atoms with Crippen molar-refractivity contribution in [3.63, 3.8) is 0 Å². The van der Waals surface area contributed by atoms with Crippen molar-refractivity contribution in [1.82, 2.24) is 9.97 Å². The summed E-state index contributed by atoms with van der Waals surface area (Å²) < 4.78 is 11.3. The summed E-state index contributed by atoms with van der Waals surface area (Å²) in [4.78, 5) is 9.27. The molecule has 0 unspecified atom stereocenters. The van der Waals surface area contributed by atoms with Crippen LogP contribution in [0.2, 0.25) is 0 Å². The van der Waals surface area contributed by atoms with Crippen molar-refractivity contribution in [1.29, 1.82) is 0 Å². The number of nitrogens with zero attached hydrogens (tertiary/aromatic N) is 2. The molecule has 0 saturated heterocycles. The Balaban J connectivity index is 1.88. The third kappa shape index (κ3) is 2.65.